The molecule has 2 aromatic rings. The minimum absolute atomic E-state index is 0.00828. The fourth-order valence-electron chi connectivity index (χ4n) is 2.10. The number of hydrogen-bond donors (Lipinski definition) is 2. The number of rotatable bonds is 5. The summed E-state index contributed by atoms with van der Waals surface area (Å²) in [5.74, 6) is 0.654. The standard InChI is InChI=1S/C15H21N3O2/c1-10(19)8-9-18(3)11(2)14-16-13-7-5-4-6-12(13)15(20)17-14/h4-7,10-11,19H,8-9H2,1-3H3,(H,16,17,20). The lowest BCUT2D eigenvalue weighted by Crippen LogP contribution is -2.28. The fraction of sp³-hybridized carbons (Fsp3) is 0.467. The molecule has 1 aromatic carbocycles. The number of hydrogen-bond acceptors (Lipinski definition) is 4. The molecule has 0 radical (unpaired) electrons. The second-order valence-corrected chi connectivity index (χ2v) is 5.26. The number of aromatic nitrogens is 2. The fourth-order valence-corrected chi connectivity index (χ4v) is 2.10. The Morgan fingerprint density at radius 3 is 2.75 bits per heavy atom. The van der Waals surface area contributed by atoms with Crippen molar-refractivity contribution in [2.45, 2.75) is 32.4 Å². The van der Waals surface area contributed by atoms with Crippen LogP contribution < -0.4 is 5.56 Å². The van der Waals surface area contributed by atoms with Crippen LogP contribution in [0.3, 0.4) is 0 Å². The molecule has 0 saturated carbocycles. The van der Waals surface area contributed by atoms with Crippen molar-refractivity contribution in [1.29, 1.82) is 0 Å². The van der Waals surface area contributed by atoms with E-state index in [0.29, 0.717) is 23.1 Å². The first-order valence-electron chi connectivity index (χ1n) is 6.86. The Bertz CT molecular complexity index is 636. The summed E-state index contributed by atoms with van der Waals surface area (Å²) in [7, 11) is 1.96. The third-order valence-corrected chi connectivity index (χ3v) is 3.59. The highest BCUT2D eigenvalue weighted by molar-refractivity contribution is 5.77. The Balaban J connectivity index is 2.26. The lowest BCUT2D eigenvalue weighted by atomic mass is 10.2. The Kier molecular flexibility index (Phi) is 4.52. The number of aliphatic hydroxyl groups excluding tert-OH is 1. The average Bonchev–Trinajstić information content (AvgIpc) is 2.43. The molecule has 2 atom stereocenters. The third kappa shape index (κ3) is 3.23. The number of fused-ring (bicyclic) bond motifs is 1. The number of benzene rings is 1. The lowest BCUT2D eigenvalue weighted by molar-refractivity contribution is 0.151. The minimum Gasteiger partial charge on any atom is -0.393 e. The molecule has 20 heavy (non-hydrogen) atoms. The molecule has 0 spiro atoms. The van der Waals surface area contributed by atoms with Crippen molar-refractivity contribution >= 4 is 10.9 Å². The van der Waals surface area contributed by atoms with Gasteiger partial charge in [-0.3, -0.25) is 9.69 Å². The van der Waals surface area contributed by atoms with Gasteiger partial charge in [-0.05, 0) is 39.4 Å². The molecule has 108 valence electrons. The summed E-state index contributed by atoms with van der Waals surface area (Å²) in [6.45, 7) is 4.51. The van der Waals surface area contributed by atoms with Crippen LogP contribution in [0.25, 0.3) is 10.9 Å². The van der Waals surface area contributed by atoms with E-state index in [-0.39, 0.29) is 17.7 Å². The van der Waals surface area contributed by atoms with Crippen molar-refractivity contribution in [3.05, 3.63) is 40.4 Å². The maximum Gasteiger partial charge on any atom is 0.258 e. The summed E-state index contributed by atoms with van der Waals surface area (Å²) < 4.78 is 0. The van der Waals surface area contributed by atoms with Gasteiger partial charge in [-0.2, -0.15) is 0 Å². The third-order valence-electron chi connectivity index (χ3n) is 3.59. The van der Waals surface area contributed by atoms with Gasteiger partial charge >= 0.3 is 0 Å². The largest absolute Gasteiger partial charge is 0.393 e. The number of para-hydroxylation sites is 1. The van der Waals surface area contributed by atoms with Crippen LogP contribution in [0.4, 0.5) is 0 Å². The van der Waals surface area contributed by atoms with Crippen molar-refractivity contribution in [2.24, 2.45) is 0 Å². The molecule has 2 N–H and O–H groups in total. The van der Waals surface area contributed by atoms with Crippen LogP contribution in [-0.4, -0.2) is 39.7 Å². The summed E-state index contributed by atoms with van der Waals surface area (Å²) >= 11 is 0. The monoisotopic (exact) mass is 275 g/mol. The quantitative estimate of drug-likeness (QED) is 0.871. The van der Waals surface area contributed by atoms with Crippen molar-refractivity contribution in [1.82, 2.24) is 14.9 Å². The Hall–Kier alpha value is -1.72. The first-order valence-corrected chi connectivity index (χ1v) is 6.86. The van der Waals surface area contributed by atoms with Crippen molar-refractivity contribution in [3.8, 4) is 0 Å². The SMILES string of the molecule is CC(O)CCN(C)C(C)c1nc2ccccc2c(=O)[nH]1. The summed E-state index contributed by atoms with van der Waals surface area (Å²) in [5.41, 5.74) is 0.600. The predicted molar refractivity (Wildman–Crippen MR) is 79.7 cm³/mol. The molecule has 0 amide bonds. The minimum atomic E-state index is -0.326. The Morgan fingerprint density at radius 2 is 2.05 bits per heavy atom. The average molecular weight is 275 g/mol. The van der Waals surface area contributed by atoms with E-state index in [2.05, 4.69) is 14.9 Å². The highest BCUT2D eigenvalue weighted by Gasteiger charge is 2.15. The highest BCUT2D eigenvalue weighted by Crippen LogP contribution is 2.16. The Morgan fingerprint density at radius 1 is 1.35 bits per heavy atom. The molecule has 0 aliphatic rings. The van der Waals surface area contributed by atoms with Gasteiger partial charge in [0.2, 0.25) is 0 Å². The number of nitrogens with one attached hydrogen (secondary N) is 1. The van der Waals surface area contributed by atoms with Crippen molar-refractivity contribution in [2.75, 3.05) is 13.6 Å². The number of nitrogens with zero attached hydrogens (tertiary/aromatic N) is 2. The van der Waals surface area contributed by atoms with Crippen LogP contribution in [0.15, 0.2) is 29.1 Å². The van der Waals surface area contributed by atoms with E-state index in [1.54, 1.807) is 13.0 Å². The highest BCUT2D eigenvalue weighted by atomic mass is 16.3. The van der Waals surface area contributed by atoms with E-state index in [9.17, 15) is 9.90 Å². The number of aliphatic hydroxyl groups is 1. The van der Waals surface area contributed by atoms with E-state index in [1.807, 2.05) is 32.2 Å². The number of H-pyrrole nitrogens is 1. The lowest BCUT2D eigenvalue weighted by Gasteiger charge is -2.24. The van der Waals surface area contributed by atoms with Gasteiger partial charge in [-0.1, -0.05) is 12.1 Å². The molecule has 2 unspecified atom stereocenters. The van der Waals surface area contributed by atoms with Crippen LogP contribution in [0.5, 0.6) is 0 Å². The van der Waals surface area contributed by atoms with Crippen molar-refractivity contribution < 1.29 is 5.11 Å². The van der Waals surface area contributed by atoms with Crippen LogP contribution >= 0.6 is 0 Å². The molecule has 5 nitrogen and oxygen atoms in total. The summed E-state index contributed by atoms with van der Waals surface area (Å²) in [4.78, 5) is 21.5. The zero-order valence-corrected chi connectivity index (χ0v) is 12.1. The first-order chi connectivity index (χ1) is 9.49. The molecule has 1 aromatic heterocycles. The molecule has 0 aliphatic heterocycles. The zero-order chi connectivity index (χ0) is 14.7. The molecule has 0 aliphatic carbocycles. The van der Waals surface area contributed by atoms with Gasteiger partial charge < -0.3 is 10.1 Å². The van der Waals surface area contributed by atoms with Gasteiger partial charge in [-0.15, -0.1) is 0 Å². The second kappa shape index (κ2) is 6.15. The molecule has 5 heteroatoms. The van der Waals surface area contributed by atoms with Gasteiger partial charge in [0.05, 0.1) is 23.0 Å². The van der Waals surface area contributed by atoms with Gasteiger partial charge in [0.15, 0.2) is 0 Å². The van der Waals surface area contributed by atoms with E-state index in [0.717, 1.165) is 6.54 Å². The van der Waals surface area contributed by atoms with Crippen LogP contribution in [0, 0.1) is 0 Å². The van der Waals surface area contributed by atoms with E-state index in [1.165, 1.54) is 0 Å². The van der Waals surface area contributed by atoms with Gasteiger partial charge in [-0.25, -0.2) is 4.98 Å². The van der Waals surface area contributed by atoms with E-state index < -0.39 is 0 Å². The molecule has 0 saturated heterocycles. The zero-order valence-electron chi connectivity index (χ0n) is 12.1. The molecule has 1 heterocycles. The summed E-state index contributed by atoms with van der Waals surface area (Å²) in [6.07, 6.45) is 0.367. The van der Waals surface area contributed by atoms with Gasteiger partial charge in [0, 0.05) is 6.54 Å². The maximum absolute atomic E-state index is 12.0. The van der Waals surface area contributed by atoms with Gasteiger partial charge in [0.25, 0.3) is 5.56 Å². The molecule has 0 fully saturated rings. The maximum atomic E-state index is 12.0. The van der Waals surface area contributed by atoms with E-state index in [4.69, 9.17) is 0 Å². The molecule has 2 rings (SSSR count). The summed E-state index contributed by atoms with van der Waals surface area (Å²) in [6, 6.07) is 7.31. The first kappa shape index (κ1) is 14.7. The normalized spacial score (nSPS) is 14.7. The summed E-state index contributed by atoms with van der Waals surface area (Å²) in [5, 5.41) is 9.95. The van der Waals surface area contributed by atoms with Gasteiger partial charge in [0.1, 0.15) is 5.82 Å². The predicted octanol–water partition coefficient (Wildman–Crippen LogP) is 1.69. The molecular formula is C15H21N3O2. The van der Waals surface area contributed by atoms with Crippen LogP contribution in [-0.2, 0) is 0 Å². The smallest absolute Gasteiger partial charge is 0.258 e. The van der Waals surface area contributed by atoms with Crippen LogP contribution in [0.1, 0.15) is 32.1 Å². The van der Waals surface area contributed by atoms with Crippen molar-refractivity contribution in [3.63, 3.8) is 0 Å². The van der Waals surface area contributed by atoms with E-state index >= 15 is 0 Å². The second-order valence-electron chi connectivity index (χ2n) is 5.26. The number of aromatic amines is 1. The van der Waals surface area contributed by atoms with Crippen LogP contribution in [0.2, 0.25) is 0 Å². The molecule has 0 bridgehead atoms. The topological polar surface area (TPSA) is 69.2 Å². The molecular weight excluding hydrogens is 254 g/mol. The Labute approximate surface area is 118 Å².